The molecule has 3 nitrogen and oxygen atoms in total. The predicted octanol–water partition coefficient (Wildman–Crippen LogP) is 1.15. The normalized spacial score (nSPS) is 29.2. The van der Waals surface area contributed by atoms with Gasteiger partial charge in [-0.3, -0.25) is 0 Å². The molecule has 2 rings (SSSR count). The zero-order chi connectivity index (χ0) is 9.10. The third-order valence-corrected chi connectivity index (χ3v) is 4.44. The Morgan fingerprint density at radius 3 is 1.54 bits per heavy atom. The van der Waals surface area contributed by atoms with Crippen molar-refractivity contribution in [2.24, 2.45) is 0 Å². The van der Waals surface area contributed by atoms with Crippen LogP contribution in [-0.2, 0) is 11.2 Å². The highest BCUT2D eigenvalue weighted by Gasteiger charge is 2.24. The molecule has 0 radical (unpaired) electrons. The fourth-order valence-electron chi connectivity index (χ4n) is 2.03. The van der Waals surface area contributed by atoms with Crippen molar-refractivity contribution in [2.45, 2.75) is 32.1 Å². The molecule has 0 spiro atoms. The summed E-state index contributed by atoms with van der Waals surface area (Å²) in [6.07, 6.45) is 6.20. The SMILES string of the molecule is O=S(N1CCCCC1)N1CCCC1. The summed E-state index contributed by atoms with van der Waals surface area (Å²) in [5, 5.41) is 0. The van der Waals surface area contributed by atoms with Crippen molar-refractivity contribution in [3.8, 4) is 0 Å². The quantitative estimate of drug-likeness (QED) is 0.659. The van der Waals surface area contributed by atoms with Gasteiger partial charge in [0.2, 0.25) is 0 Å². The average molecular weight is 202 g/mol. The van der Waals surface area contributed by atoms with Gasteiger partial charge in [0.1, 0.15) is 0 Å². The van der Waals surface area contributed by atoms with Gasteiger partial charge in [0.05, 0.1) is 0 Å². The maximum absolute atomic E-state index is 12.0. The minimum absolute atomic E-state index is 0.815. The highest BCUT2D eigenvalue weighted by Crippen LogP contribution is 2.17. The van der Waals surface area contributed by atoms with E-state index >= 15 is 0 Å². The smallest absolute Gasteiger partial charge is 0.172 e. The van der Waals surface area contributed by atoms with Crippen LogP contribution in [-0.4, -0.2) is 39.0 Å². The molecular formula is C9H18N2OS. The van der Waals surface area contributed by atoms with Gasteiger partial charge in [0.25, 0.3) is 0 Å². The standard InChI is InChI=1S/C9H18N2OS/c12-13(11-8-4-5-9-11)10-6-2-1-3-7-10/h1-9H2. The summed E-state index contributed by atoms with van der Waals surface area (Å²) in [6, 6.07) is 0. The molecule has 1 unspecified atom stereocenters. The second-order valence-corrected chi connectivity index (χ2v) is 5.35. The van der Waals surface area contributed by atoms with Crippen LogP contribution in [0.4, 0.5) is 0 Å². The predicted molar refractivity (Wildman–Crippen MR) is 54.4 cm³/mol. The van der Waals surface area contributed by atoms with Crippen molar-refractivity contribution >= 4 is 11.2 Å². The monoisotopic (exact) mass is 202 g/mol. The molecule has 0 N–H and O–H groups in total. The van der Waals surface area contributed by atoms with Gasteiger partial charge in [-0.2, -0.15) is 0 Å². The Morgan fingerprint density at radius 1 is 0.692 bits per heavy atom. The molecule has 0 amide bonds. The zero-order valence-corrected chi connectivity index (χ0v) is 8.89. The van der Waals surface area contributed by atoms with Crippen LogP contribution in [0.15, 0.2) is 0 Å². The molecule has 0 aromatic rings. The van der Waals surface area contributed by atoms with E-state index in [2.05, 4.69) is 8.61 Å². The van der Waals surface area contributed by atoms with E-state index in [9.17, 15) is 4.21 Å². The highest BCUT2D eigenvalue weighted by atomic mass is 32.2. The first-order chi connectivity index (χ1) is 6.38. The number of hydrogen-bond donors (Lipinski definition) is 0. The highest BCUT2D eigenvalue weighted by molar-refractivity contribution is 7.80. The molecule has 2 fully saturated rings. The summed E-state index contributed by atoms with van der Waals surface area (Å²) in [7, 11) is 0. The van der Waals surface area contributed by atoms with Gasteiger partial charge >= 0.3 is 0 Å². The lowest BCUT2D eigenvalue weighted by molar-refractivity contribution is 0.343. The number of rotatable bonds is 2. The van der Waals surface area contributed by atoms with E-state index in [1.807, 2.05) is 0 Å². The van der Waals surface area contributed by atoms with E-state index in [4.69, 9.17) is 0 Å². The molecular weight excluding hydrogens is 184 g/mol. The van der Waals surface area contributed by atoms with E-state index in [0.29, 0.717) is 0 Å². The van der Waals surface area contributed by atoms with E-state index in [1.165, 1.54) is 32.1 Å². The van der Waals surface area contributed by atoms with Crippen molar-refractivity contribution in [1.29, 1.82) is 0 Å². The molecule has 0 bridgehead atoms. The maximum atomic E-state index is 12.0. The Bertz CT molecular complexity index is 186. The Hall–Kier alpha value is 0.0700. The Balaban J connectivity index is 1.87. The summed E-state index contributed by atoms with van der Waals surface area (Å²) in [6.45, 7) is 4.12. The van der Waals surface area contributed by atoms with Gasteiger partial charge in [-0.15, -0.1) is 0 Å². The lowest BCUT2D eigenvalue weighted by atomic mass is 10.2. The van der Waals surface area contributed by atoms with Crippen LogP contribution in [0, 0.1) is 0 Å². The Kier molecular flexibility index (Phi) is 3.35. The topological polar surface area (TPSA) is 23.6 Å². The molecule has 0 aliphatic carbocycles. The number of hydrogen-bond acceptors (Lipinski definition) is 1. The van der Waals surface area contributed by atoms with E-state index in [1.54, 1.807) is 0 Å². The first-order valence-electron chi connectivity index (χ1n) is 5.30. The summed E-state index contributed by atoms with van der Waals surface area (Å²) in [4.78, 5) is 0. The molecule has 4 heteroatoms. The summed E-state index contributed by atoms with van der Waals surface area (Å²) >= 11 is -0.815. The molecule has 0 saturated carbocycles. The lowest BCUT2D eigenvalue weighted by Crippen LogP contribution is -2.40. The van der Waals surface area contributed by atoms with Gasteiger partial charge in [0, 0.05) is 26.2 Å². The molecule has 0 aromatic carbocycles. The van der Waals surface area contributed by atoms with Gasteiger partial charge in [0.15, 0.2) is 11.2 Å². The van der Waals surface area contributed by atoms with Gasteiger partial charge in [-0.1, -0.05) is 6.42 Å². The molecule has 13 heavy (non-hydrogen) atoms. The zero-order valence-electron chi connectivity index (χ0n) is 8.07. The van der Waals surface area contributed by atoms with Crippen molar-refractivity contribution in [3.63, 3.8) is 0 Å². The van der Waals surface area contributed by atoms with Gasteiger partial charge < -0.3 is 0 Å². The van der Waals surface area contributed by atoms with Crippen molar-refractivity contribution < 1.29 is 4.21 Å². The summed E-state index contributed by atoms with van der Waals surface area (Å²) in [5.74, 6) is 0. The largest absolute Gasteiger partial charge is 0.225 e. The van der Waals surface area contributed by atoms with Crippen LogP contribution in [0.2, 0.25) is 0 Å². The summed E-state index contributed by atoms with van der Waals surface area (Å²) in [5.41, 5.74) is 0. The minimum Gasteiger partial charge on any atom is -0.225 e. The minimum atomic E-state index is -0.815. The molecule has 76 valence electrons. The van der Waals surface area contributed by atoms with Gasteiger partial charge in [-0.25, -0.2) is 12.8 Å². The van der Waals surface area contributed by atoms with E-state index in [-0.39, 0.29) is 0 Å². The van der Waals surface area contributed by atoms with E-state index in [0.717, 1.165) is 26.2 Å². The first kappa shape index (κ1) is 9.62. The van der Waals surface area contributed by atoms with Crippen LogP contribution in [0.1, 0.15) is 32.1 Å². The van der Waals surface area contributed by atoms with Crippen molar-refractivity contribution in [3.05, 3.63) is 0 Å². The molecule has 2 aliphatic heterocycles. The van der Waals surface area contributed by atoms with Crippen molar-refractivity contribution in [2.75, 3.05) is 26.2 Å². The number of nitrogens with zero attached hydrogens (tertiary/aromatic N) is 2. The third kappa shape index (κ3) is 2.30. The Morgan fingerprint density at radius 2 is 1.08 bits per heavy atom. The molecule has 2 aliphatic rings. The van der Waals surface area contributed by atoms with Crippen LogP contribution in [0.25, 0.3) is 0 Å². The van der Waals surface area contributed by atoms with Crippen LogP contribution in [0.3, 0.4) is 0 Å². The van der Waals surface area contributed by atoms with Crippen LogP contribution in [0.5, 0.6) is 0 Å². The fraction of sp³-hybridized carbons (Fsp3) is 1.00. The lowest BCUT2D eigenvalue weighted by Gasteiger charge is -2.28. The van der Waals surface area contributed by atoms with Crippen molar-refractivity contribution in [1.82, 2.24) is 8.61 Å². The van der Waals surface area contributed by atoms with Crippen LogP contribution < -0.4 is 0 Å². The Labute approximate surface area is 82.8 Å². The number of piperidine rings is 1. The van der Waals surface area contributed by atoms with Crippen LogP contribution >= 0.6 is 0 Å². The first-order valence-corrected chi connectivity index (χ1v) is 6.36. The molecule has 2 heterocycles. The van der Waals surface area contributed by atoms with E-state index < -0.39 is 11.2 Å². The third-order valence-electron chi connectivity index (χ3n) is 2.82. The summed E-state index contributed by atoms with van der Waals surface area (Å²) < 4.78 is 16.2. The van der Waals surface area contributed by atoms with Gasteiger partial charge in [-0.05, 0) is 25.7 Å². The second kappa shape index (κ2) is 4.53. The molecule has 1 atom stereocenters. The molecule has 2 saturated heterocycles. The maximum Gasteiger partial charge on any atom is 0.172 e. The average Bonchev–Trinajstić information content (AvgIpc) is 2.71. The second-order valence-electron chi connectivity index (χ2n) is 3.86. The fourth-order valence-corrected chi connectivity index (χ4v) is 3.50. The molecule has 0 aromatic heterocycles.